The van der Waals surface area contributed by atoms with Gasteiger partial charge in [-0.05, 0) is 24.3 Å². The largest absolute Gasteiger partial charge is 0.496 e. The number of ether oxygens (including phenoxy) is 1. The first-order chi connectivity index (χ1) is 9.13. The van der Waals surface area contributed by atoms with E-state index in [9.17, 15) is 4.79 Å². The highest BCUT2D eigenvalue weighted by Crippen LogP contribution is 2.20. The van der Waals surface area contributed by atoms with Gasteiger partial charge in [-0.2, -0.15) is 10.4 Å². The van der Waals surface area contributed by atoms with E-state index in [-0.39, 0.29) is 5.69 Å². The van der Waals surface area contributed by atoms with Crippen LogP contribution in [-0.4, -0.2) is 28.0 Å². The van der Waals surface area contributed by atoms with Crippen LogP contribution in [0, 0.1) is 11.3 Å². The second kappa shape index (κ2) is 5.23. The standard InChI is InChI=1S/C13H11N3O3/c1-19-12-3-2-9(7-14)6-10(12)8-16-5-4-11(15-16)13(17)18/h2-6H,8H2,1H3,(H,17,18). The van der Waals surface area contributed by atoms with Crippen molar-refractivity contribution in [3.63, 3.8) is 0 Å². The van der Waals surface area contributed by atoms with Crippen molar-refractivity contribution in [3.05, 3.63) is 47.3 Å². The van der Waals surface area contributed by atoms with E-state index in [1.807, 2.05) is 6.07 Å². The number of carboxylic acid groups (broad SMARTS) is 1. The van der Waals surface area contributed by atoms with E-state index in [1.54, 1.807) is 24.4 Å². The number of benzene rings is 1. The van der Waals surface area contributed by atoms with E-state index >= 15 is 0 Å². The molecular weight excluding hydrogens is 246 g/mol. The molecule has 96 valence electrons. The van der Waals surface area contributed by atoms with Gasteiger partial charge in [0.1, 0.15) is 5.75 Å². The van der Waals surface area contributed by atoms with E-state index in [0.717, 1.165) is 5.56 Å². The third kappa shape index (κ3) is 2.72. The van der Waals surface area contributed by atoms with Gasteiger partial charge < -0.3 is 9.84 Å². The first kappa shape index (κ1) is 12.6. The number of hydrogen-bond donors (Lipinski definition) is 1. The van der Waals surface area contributed by atoms with Crippen LogP contribution in [0.15, 0.2) is 30.5 Å². The van der Waals surface area contributed by atoms with Crippen molar-refractivity contribution in [2.24, 2.45) is 0 Å². The van der Waals surface area contributed by atoms with Gasteiger partial charge in [0.25, 0.3) is 0 Å². The molecule has 0 unspecified atom stereocenters. The highest BCUT2D eigenvalue weighted by Gasteiger charge is 2.09. The monoisotopic (exact) mass is 257 g/mol. The average molecular weight is 257 g/mol. The van der Waals surface area contributed by atoms with Crippen molar-refractivity contribution in [2.45, 2.75) is 6.54 Å². The number of carbonyl (C=O) groups is 1. The van der Waals surface area contributed by atoms with Gasteiger partial charge >= 0.3 is 5.97 Å². The Kier molecular flexibility index (Phi) is 3.48. The summed E-state index contributed by atoms with van der Waals surface area (Å²) in [5, 5.41) is 21.6. The maximum absolute atomic E-state index is 10.7. The lowest BCUT2D eigenvalue weighted by atomic mass is 10.1. The maximum Gasteiger partial charge on any atom is 0.356 e. The minimum Gasteiger partial charge on any atom is -0.496 e. The zero-order valence-corrected chi connectivity index (χ0v) is 10.2. The van der Waals surface area contributed by atoms with E-state index in [1.165, 1.54) is 17.9 Å². The van der Waals surface area contributed by atoms with Gasteiger partial charge in [-0.25, -0.2) is 4.79 Å². The quantitative estimate of drug-likeness (QED) is 0.896. The molecule has 0 saturated carbocycles. The molecule has 2 rings (SSSR count). The first-order valence-electron chi connectivity index (χ1n) is 5.48. The summed E-state index contributed by atoms with van der Waals surface area (Å²) in [6, 6.07) is 8.53. The summed E-state index contributed by atoms with van der Waals surface area (Å²) in [6.07, 6.45) is 1.57. The number of methoxy groups -OCH3 is 1. The minimum atomic E-state index is -1.07. The van der Waals surface area contributed by atoms with Crippen LogP contribution < -0.4 is 4.74 Å². The summed E-state index contributed by atoms with van der Waals surface area (Å²) in [5.41, 5.74) is 1.26. The van der Waals surface area contributed by atoms with Crippen molar-refractivity contribution in [2.75, 3.05) is 7.11 Å². The molecule has 1 heterocycles. The number of nitriles is 1. The minimum absolute atomic E-state index is 0.0181. The Labute approximate surface area is 109 Å². The lowest BCUT2D eigenvalue weighted by Crippen LogP contribution is -2.05. The fourth-order valence-electron chi connectivity index (χ4n) is 1.71. The molecule has 0 amide bonds. The molecule has 6 heteroatoms. The van der Waals surface area contributed by atoms with E-state index < -0.39 is 5.97 Å². The van der Waals surface area contributed by atoms with Crippen LogP contribution in [-0.2, 0) is 6.54 Å². The number of hydrogen-bond acceptors (Lipinski definition) is 4. The van der Waals surface area contributed by atoms with Crippen molar-refractivity contribution in [3.8, 4) is 11.8 Å². The first-order valence-corrected chi connectivity index (χ1v) is 5.48. The highest BCUT2D eigenvalue weighted by molar-refractivity contribution is 5.85. The zero-order valence-electron chi connectivity index (χ0n) is 10.2. The molecule has 0 bridgehead atoms. The Morgan fingerprint density at radius 1 is 1.53 bits per heavy atom. The number of rotatable bonds is 4. The molecule has 1 aromatic heterocycles. The van der Waals surface area contributed by atoms with Gasteiger partial charge in [0.15, 0.2) is 5.69 Å². The molecule has 0 atom stereocenters. The topological polar surface area (TPSA) is 88.1 Å². The van der Waals surface area contributed by atoms with Crippen molar-refractivity contribution >= 4 is 5.97 Å². The van der Waals surface area contributed by atoms with E-state index in [2.05, 4.69) is 5.10 Å². The number of nitrogens with zero attached hydrogens (tertiary/aromatic N) is 3. The lowest BCUT2D eigenvalue weighted by Gasteiger charge is -2.08. The van der Waals surface area contributed by atoms with Crippen molar-refractivity contribution in [1.29, 1.82) is 5.26 Å². The molecule has 19 heavy (non-hydrogen) atoms. The molecular formula is C13H11N3O3. The van der Waals surface area contributed by atoms with Crippen LogP contribution in [0.3, 0.4) is 0 Å². The fraction of sp³-hybridized carbons (Fsp3) is 0.154. The van der Waals surface area contributed by atoms with Crippen LogP contribution in [0.25, 0.3) is 0 Å². The average Bonchev–Trinajstić information content (AvgIpc) is 2.87. The summed E-state index contributed by atoms with van der Waals surface area (Å²) < 4.78 is 6.69. The summed E-state index contributed by atoms with van der Waals surface area (Å²) in [7, 11) is 1.54. The number of aromatic carboxylic acids is 1. The van der Waals surface area contributed by atoms with Gasteiger partial charge in [-0.1, -0.05) is 0 Å². The van der Waals surface area contributed by atoms with Gasteiger partial charge in [0, 0.05) is 11.8 Å². The molecule has 0 saturated heterocycles. The molecule has 0 fully saturated rings. The summed E-state index contributed by atoms with van der Waals surface area (Å²) >= 11 is 0. The van der Waals surface area contributed by atoms with E-state index in [0.29, 0.717) is 17.9 Å². The third-order valence-corrected chi connectivity index (χ3v) is 2.60. The molecule has 0 radical (unpaired) electrons. The van der Waals surface area contributed by atoms with Crippen LogP contribution in [0.4, 0.5) is 0 Å². The molecule has 0 aliphatic heterocycles. The highest BCUT2D eigenvalue weighted by atomic mass is 16.5. The summed E-state index contributed by atoms with van der Waals surface area (Å²) in [5.74, 6) is -0.442. The summed E-state index contributed by atoms with van der Waals surface area (Å²) in [4.78, 5) is 10.7. The molecule has 6 nitrogen and oxygen atoms in total. The molecule has 1 aromatic carbocycles. The predicted octanol–water partition coefficient (Wildman–Crippen LogP) is 1.51. The number of aromatic nitrogens is 2. The van der Waals surface area contributed by atoms with Crippen LogP contribution in [0.2, 0.25) is 0 Å². The van der Waals surface area contributed by atoms with Gasteiger partial charge in [-0.15, -0.1) is 0 Å². The van der Waals surface area contributed by atoms with Crippen LogP contribution in [0.5, 0.6) is 5.75 Å². The van der Waals surface area contributed by atoms with Crippen molar-refractivity contribution < 1.29 is 14.6 Å². The Bertz CT molecular complexity index is 655. The molecule has 0 aliphatic carbocycles. The lowest BCUT2D eigenvalue weighted by molar-refractivity contribution is 0.0689. The van der Waals surface area contributed by atoms with Gasteiger partial charge in [0.2, 0.25) is 0 Å². The second-order valence-electron chi connectivity index (χ2n) is 3.84. The molecule has 0 spiro atoms. The van der Waals surface area contributed by atoms with Crippen molar-refractivity contribution in [1.82, 2.24) is 9.78 Å². The van der Waals surface area contributed by atoms with E-state index in [4.69, 9.17) is 15.1 Å². The SMILES string of the molecule is COc1ccc(C#N)cc1Cn1ccc(C(=O)O)n1. The van der Waals surface area contributed by atoms with Gasteiger partial charge in [0.05, 0.1) is 25.3 Å². The molecule has 1 N–H and O–H groups in total. The normalized spacial score (nSPS) is 9.89. The fourth-order valence-corrected chi connectivity index (χ4v) is 1.71. The Hall–Kier alpha value is -2.81. The Balaban J connectivity index is 2.31. The van der Waals surface area contributed by atoms with Crippen LogP contribution >= 0.6 is 0 Å². The third-order valence-electron chi connectivity index (χ3n) is 2.60. The second-order valence-corrected chi connectivity index (χ2v) is 3.84. The predicted molar refractivity (Wildman–Crippen MR) is 66.0 cm³/mol. The summed E-state index contributed by atoms with van der Waals surface area (Å²) in [6.45, 7) is 0.339. The van der Waals surface area contributed by atoms with Crippen LogP contribution in [0.1, 0.15) is 21.6 Å². The maximum atomic E-state index is 10.7. The smallest absolute Gasteiger partial charge is 0.356 e. The number of carboxylic acids is 1. The molecule has 2 aromatic rings. The Morgan fingerprint density at radius 3 is 2.89 bits per heavy atom. The van der Waals surface area contributed by atoms with Gasteiger partial charge in [-0.3, -0.25) is 4.68 Å². The Morgan fingerprint density at radius 2 is 2.32 bits per heavy atom. The molecule has 0 aliphatic rings. The zero-order chi connectivity index (χ0) is 13.8.